The third-order valence-electron chi connectivity index (χ3n) is 3.22. The number of fused-ring (bicyclic) bond motifs is 1. The Hall–Kier alpha value is -1.95. The number of benzene rings is 1. The maximum absolute atomic E-state index is 13.1. The molecule has 0 saturated carbocycles. The first-order valence-electron chi connectivity index (χ1n) is 6.58. The Bertz CT molecular complexity index is 681. The van der Waals surface area contributed by atoms with Crippen molar-refractivity contribution >= 4 is 33.3 Å². The molecule has 0 saturated heterocycles. The van der Waals surface area contributed by atoms with Crippen molar-refractivity contribution in [1.82, 2.24) is 5.32 Å². The van der Waals surface area contributed by atoms with E-state index in [0.717, 1.165) is 5.39 Å². The zero-order valence-electron chi connectivity index (χ0n) is 11.7. The first kappa shape index (κ1) is 15.4. The molecule has 0 aliphatic rings. The lowest BCUT2D eigenvalue weighted by Crippen LogP contribution is -2.39. The predicted octanol–water partition coefficient (Wildman–Crippen LogP) is 3.27. The van der Waals surface area contributed by atoms with E-state index in [2.05, 4.69) is 5.32 Å². The van der Waals surface area contributed by atoms with Crippen LogP contribution in [0.2, 0.25) is 0 Å². The van der Waals surface area contributed by atoms with Crippen LogP contribution in [0.4, 0.5) is 4.39 Å². The molecule has 4 nitrogen and oxygen atoms in total. The molecule has 6 heteroatoms. The molecule has 0 radical (unpaired) electrons. The number of rotatable bonds is 5. The third kappa shape index (κ3) is 3.78. The highest BCUT2D eigenvalue weighted by Crippen LogP contribution is 2.26. The molecule has 112 valence electrons. The highest BCUT2D eigenvalue weighted by atomic mass is 32.1. The summed E-state index contributed by atoms with van der Waals surface area (Å²) in [4.78, 5) is 23.5. The molecule has 0 aliphatic heterocycles. The quantitative estimate of drug-likeness (QED) is 0.891. The Morgan fingerprint density at radius 1 is 1.33 bits per heavy atom. The van der Waals surface area contributed by atoms with Crippen molar-refractivity contribution in [3.63, 3.8) is 0 Å². The molecule has 21 heavy (non-hydrogen) atoms. The van der Waals surface area contributed by atoms with E-state index in [1.165, 1.54) is 23.5 Å². The summed E-state index contributed by atoms with van der Waals surface area (Å²) in [6.07, 6.45) is -0.122. The lowest BCUT2D eigenvalue weighted by molar-refractivity contribution is -0.137. The molecule has 1 amide bonds. The van der Waals surface area contributed by atoms with Crippen LogP contribution in [-0.4, -0.2) is 23.0 Å². The maximum Gasteiger partial charge on any atom is 0.305 e. The van der Waals surface area contributed by atoms with Gasteiger partial charge in [0.15, 0.2) is 0 Å². The van der Waals surface area contributed by atoms with Crippen molar-refractivity contribution < 1.29 is 19.1 Å². The second-order valence-electron chi connectivity index (χ2n) is 5.21. The Labute approximate surface area is 125 Å². The van der Waals surface area contributed by atoms with Gasteiger partial charge in [-0.2, -0.15) is 0 Å². The molecule has 1 atom stereocenters. The molecule has 0 fully saturated rings. The molecule has 2 aromatic rings. The number of carbonyl (C=O) groups is 2. The Balaban J connectivity index is 2.19. The van der Waals surface area contributed by atoms with Crippen LogP contribution in [-0.2, 0) is 4.79 Å². The second kappa shape index (κ2) is 6.22. The summed E-state index contributed by atoms with van der Waals surface area (Å²) in [5, 5.41) is 12.4. The first-order chi connectivity index (χ1) is 9.86. The number of hydrogen-bond donors (Lipinski definition) is 2. The van der Waals surface area contributed by atoms with Gasteiger partial charge in [0, 0.05) is 10.7 Å². The smallest absolute Gasteiger partial charge is 0.305 e. The fourth-order valence-electron chi connectivity index (χ4n) is 2.00. The average Bonchev–Trinajstić information content (AvgIpc) is 2.80. The Kier molecular flexibility index (Phi) is 4.57. The normalized spacial score (nSPS) is 12.6. The minimum atomic E-state index is -0.951. The first-order valence-corrected chi connectivity index (χ1v) is 7.40. The Morgan fingerprint density at radius 2 is 2.05 bits per heavy atom. The van der Waals surface area contributed by atoms with Gasteiger partial charge in [0.2, 0.25) is 0 Å². The van der Waals surface area contributed by atoms with Crippen molar-refractivity contribution in [2.24, 2.45) is 5.92 Å². The van der Waals surface area contributed by atoms with Gasteiger partial charge in [-0.1, -0.05) is 19.9 Å². The number of hydrogen-bond acceptors (Lipinski definition) is 3. The number of carbonyl (C=O) groups excluding carboxylic acids is 1. The van der Waals surface area contributed by atoms with Gasteiger partial charge >= 0.3 is 5.97 Å². The summed E-state index contributed by atoms with van der Waals surface area (Å²) in [7, 11) is 0. The van der Waals surface area contributed by atoms with E-state index in [9.17, 15) is 14.0 Å². The van der Waals surface area contributed by atoms with E-state index >= 15 is 0 Å². The molecular weight excluding hydrogens is 293 g/mol. The minimum Gasteiger partial charge on any atom is -0.481 e. The second-order valence-corrected chi connectivity index (χ2v) is 6.30. The molecular formula is C15H16FNO3S. The fraction of sp³-hybridized carbons (Fsp3) is 0.333. The van der Waals surface area contributed by atoms with Crippen LogP contribution >= 0.6 is 11.3 Å². The molecule has 1 aromatic heterocycles. The van der Waals surface area contributed by atoms with Crippen LogP contribution in [0.3, 0.4) is 0 Å². The number of aliphatic carboxylic acids is 1. The molecule has 2 N–H and O–H groups in total. The number of carboxylic acid groups (broad SMARTS) is 1. The standard InChI is InChI=1S/C15H16FNO3S/c1-8(2)11(7-14(18)19)17-15(20)13-5-9-3-4-10(16)6-12(9)21-13/h3-6,8,11H,7H2,1-2H3,(H,17,20)(H,18,19). The van der Waals surface area contributed by atoms with E-state index in [1.807, 2.05) is 13.8 Å². The van der Waals surface area contributed by atoms with Crippen LogP contribution in [0.1, 0.15) is 29.9 Å². The number of thiophene rings is 1. The van der Waals surface area contributed by atoms with Gasteiger partial charge in [-0.3, -0.25) is 9.59 Å². The van der Waals surface area contributed by atoms with Gasteiger partial charge < -0.3 is 10.4 Å². The minimum absolute atomic E-state index is 0.0110. The van der Waals surface area contributed by atoms with Gasteiger partial charge in [-0.15, -0.1) is 11.3 Å². The monoisotopic (exact) mass is 309 g/mol. The molecule has 1 unspecified atom stereocenters. The van der Waals surface area contributed by atoms with Crippen LogP contribution in [0, 0.1) is 11.7 Å². The van der Waals surface area contributed by atoms with Crippen molar-refractivity contribution in [2.75, 3.05) is 0 Å². The van der Waals surface area contributed by atoms with Crippen molar-refractivity contribution in [3.8, 4) is 0 Å². The van der Waals surface area contributed by atoms with E-state index < -0.39 is 12.0 Å². The highest BCUT2D eigenvalue weighted by molar-refractivity contribution is 7.20. The van der Waals surface area contributed by atoms with Gasteiger partial charge in [-0.05, 0) is 29.5 Å². The van der Waals surface area contributed by atoms with Crippen molar-refractivity contribution in [1.29, 1.82) is 0 Å². The summed E-state index contributed by atoms with van der Waals surface area (Å²) >= 11 is 1.19. The highest BCUT2D eigenvalue weighted by Gasteiger charge is 2.21. The van der Waals surface area contributed by atoms with Crippen LogP contribution in [0.25, 0.3) is 10.1 Å². The maximum atomic E-state index is 13.1. The van der Waals surface area contributed by atoms with Gasteiger partial charge in [0.25, 0.3) is 5.91 Å². The summed E-state index contributed by atoms with van der Waals surface area (Å²) in [6, 6.07) is 5.60. The van der Waals surface area contributed by atoms with Gasteiger partial charge in [0.1, 0.15) is 5.82 Å². The SMILES string of the molecule is CC(C)C(CC(=O)O)NC(=O)c1cc2ccc(F)cc2s1. The van der Waals surface area contributed by atoms with E-state index in [-0.39, 0.29) is 24.1 Å². The summed E-state index contributed by atoms with van der Waals surface area (Å²) in [5.74, 6) is -1.61. The van der Waals surface area contributed by atoms with Gasteiger partial charge in [-0.25, -0.2) is 4.39 Å². The zero-order valence-corrected chi connectivity index (χ0v) is 12.5. The molecule has 2 rings (SSSR count). The third-order valence-corrected chi connectivity index (χ3v) is 4.32. The van der Waals surface area contributed by atoms with E-state index in [0.29, 0.717) is 9.58 Å². The topological polar surface area (TPSA) is 66.4 Å². The number of nitrogens with one attached hydrogen (secondary N) is 1. The zero-order chi connectivity index (χ0) is 15.6. The van der Waals surface area contributed by atoms with Crippen LogP contribution < -0.4 is 5.32 Å². The average molecular weight is 309 g/mol. The van der Waals surface area contributed by atoms with E-state index in [1.54, 1.807) is 12.1 Å². The molecule has 0 spiro atoms. The summed E-state index contributed by atoms with van der Waals surface area (Å²) in [6.45, 7) is 3.71. The number of carboxylic acids is 1. The van der Waals surface area contributed by atoms with Crippen molar-refractivity contribution in [2.45, 2.75) is 26.3 Å². The molecule has 1 aromatic carbocycles. The lowest BCUT2D eigenvalue weighted by Gasteiger charge is -2.20. The summed E-state index contributed by atoms with van der Waals surface area (Å²) < 4.78 is 13.8. The van der Waals surface area contributed by atoms with Crippen LogP contribution in [0.15, 0.2) is 24.3 Å². The van der Waals surface area contributed by atoms with Gasteiger partial charge in [0.05, 0.1) is 11.3 Å². The largest absolute Gasteiger partial charge is 0.481 e. The Morgan fingerprint density at radius 3 is 2.67 bits per heavy atom. The molecule has 1 heterocycles. The predicted molar refractivity (Wildman–Crippen MR) is 80.1 cm³/mol. The molecule has 0 aliphatic carbocycles. The van der Waals surface area contributed by atoms with Crippen molar-refractivity contribution in [3.05, 3.63) is 35.0 Å². The summed E-state index contributed by atoms with van der Waals surface area (Å²) in [5.41, 5.74) is 0. The van der Waals surface area contributed by atoms with Crippen LogP contribution in [0.5, 0.6) is 0 Å². The fourth-order valence-corrected chi connectivity index (χ4v) is 2.99. The number of amides is 1. The number of halogens is 1. The lowest BCUT2D eigenvalue weighted by atomic mass is 10.0. The molecule has 0 bridgehead atoms. The van der Waals surface area contributed by atoms with E-state index in [4.69, 9.17) is 5.11 Å².